The van der Waals surface area contributed by atoms with Gasteiger partial charge in [-0.2, -0.15) is 0 Å². The number of rotatable bonds is 7. The molecule has 3 fully saturated rings. The molecule has 15 nitrogen and oxygen atoms in total. The standard InChI is InChI=1S/C38H48O15/c1-18-29(48-20(3)39)27-32(50-22(5)41)36(10,46)17-38(27,53-24(7)43)37(47)16-26(28(44)19(37)2)35(8,9)33(51-23(6)42)31(30(18)49-21(4)40)52-34(45)25-14-12-11-13-15-25/h11-15,19,26-27,29-33,46-47H,1,16-17H2,2-10H3/t19-,26+,27+,29+,30+,31-,32-,33-,36-,37+,38-/m1/s1. The second-order valence-electron chi connectivity index (χ2n) is 15.1. The van der Waals surface area contributed by atoms with Crippen LogP contribution < -0.4 is 0 Å². The van der Waals surface area contributed by atoms with Crippen LogP contribution in [0.5, 0.6) is 0 Å². The summed E-state index contributed by atoms with van der Waals surface area (Å²) in [6.45, 7) is 15.1. The number of ether oxygens (including phenoxy) is 6. The van der Waals surface area contributed by atoms with Crippen LogP contribution in [-0.4, -0.2) is 99.1 Å². The summed E-state index contributed by atoms with van der Waals surface area (Å²) >= 11 is 0. The number of hydrogen-bond donors (Lipinski definition) is 2. The Morgan fingerprint density at radius 2 is 1.25 bits per heavy atom. The van der Waals surface area contributed by atoms with Crippen molar-refractivity contribution in [1.82, 2.24) is 0 Å². The molecule has 2 bridgehead atoms. The van der Waals surface area contributed by atoms with Crippen molar-refractivity contribution in [1.29, 1.82) is 0 Å². The molecule has 2 N–H and O–H groups in total. The molecule has 0 amide bonds. The largest absolute Gasteiger partial charge is 0.459 e. The molecule has 0 heterocycles. The molecule has 0 unspecified atom stereocenters. The van der Waals surface area contributed by atoms with Crippen LogP contribution in [0.4, 0.5) is 0 Å². The zero-order valence-electron chi connectivity index (χ0n) is 31.3. The Balaban J connectivity index is 2.19. The van der Waals surface area contributed by atoms with Crippen molar-refractivity contribution >= 4 is 41.6 Å². The van der Waals surface area contributed by atoms with Gasteiger partial charge in [-0.05, 0) is 25.5 Å². The quantitative estimate of drug-likeness (QED) is 0.233. The van der Waals surface area contributed by atoms with E-state index in [4.69, 9.17) is 28.4 Å². The van der Waals surface area contributed by atoms with Crippen molar-refractivity contribution in [3.8, 4) is 0 Å². The molecule has 3 aliphatic carbocycles. The lowest BCUT2D eigenvalue weighted by Gasteiger charge is -2.49. The number of fused-ring (bicyclic) bond motifs is 4. The number of aliphatic hydroxyl groups is 2. The highest BCUT2D eigenvalue weighted by atomic mass is 16.6. The number of carbonyl (C=O) groups excluding carboxylic acids is 7. The monoisotopic (exact) mass is 744 g/mol. The average Bonchev–Trinajstić information content (AvgIpc) is 3.41. The molecular formula is C38H48O15. The zero-order valence-corrected chi connectivity index (χ0v) is 31.3. The molecule has 3 aliphatic rings. The van der Waals surface area contributed by atoms with Gasteiger partial charge in [0, 0.05) is 63.9 Å². The van der Waals surface area contributed by atoms with E-state index in [2.05, 4.69) is 6.58 Å². The van der Waals surface area contributed by atoms with Gasteiger partial charge in [0.05, 0.1) is 11.5 Å². The Kier molecular flexibility index (Phi) is 11.4. The number of benzene rings is 1. The first-order chi connectivity index (χ1) is 24.4. The molecule has 53 heavy (non-hydrogen) atoms. The van der Waals surface area contributed by atoms with E-state index < -0.39 is 125 Å². The highest BCUT2D eigenvalue weighted by Gasteiger charge is 2.78. The van der Waals surface area contributed by atoms with Crippen LogP contribution in [0.15, 0.2) is 42.5 Å². The van der Waals surface area contributed by atoms with E-state index in [0.29, 0.717) is 0 Å². The van der Waals surface area contributed by atoms with Gasteiger partial charge in [-0.3, -0.25) is 28.8 Å². The Labute approximate surface area is 307 Å². The summed E-state index contributed by atoms with van der Waals surface area (Å²) in [5, 5.41) is 25.1. The third-order valence-corrected chi connectivity index (χ3v) is 10.9. The smallest absolute Gasteiger partial charge is 0.338 e. The van der Waals surface area contributed by atoms with E-state index in [9.17, 15) is 43.8 Å². The third-order valence-electron chi connectivity index (χ3n) is 10.9. The molecule has 0 radical (unpaired) electrons. The fourth-order valence-electron chi connectivity index (χ4n) is 8.67. The highest BCUT2D eigenvalue weighted by Crippen LogP contribution is 2.62. The van der Waals surface area contributed by atoms with E-state index in [1.165, 1.54) is 39.8 Å². The molecule has 290 valence electrons. The van der Waals surface area contributed by atoms with E-state index in [1.807, 2.05) is 0 Å². The minimum absolute atomic E-state index is 0.0421. The van der Waals surface area contributed by atoms with E-state index in [1.54, 1.807) is 18.2 Å². The van der Waals surface area contributed by atoms with E-state index >= 15 is 0 Å². The highest BCUT2D eigenvalue weighted by molar-refractivity contribution is 5.90. The van der Waals surface area contributed by atoms with Gasteiger partial charge in [-0.1, -0.05) is 45.5 Å². The maximum absolute atomic E-state index is 14.5. The van der Waals surface area contributed by atoms with Crippen LogP contribution in [0.25, 0.3) is 0 Å². The lowest BCUT2D eigenvalue weighted by molar-refractivity contribution is -0.233. The number of Topliss-reactive ketones (excluding diaryl/α,β-unsaturated/α-hetero) is 1. The molecule has 0 spiro atoms. The zero-order chi connectivity index (χ0) is 40.0. The molecule has 0 aromatic heterocycles. The van der Waals surface area contributed by atoms with E-state index in [0.717, 1.165) is 34.6 Å². The Morgan fingerprint density at radius 3 is 1.75 bits per heavy atom. The minimum atomic E-state index is -2.39. The number of esters is 6. The van der Waals surface area contributed by atoms with Gasteiger partial charge < -0.3 is 38.6 Å². The maximum Gasteiger partial charge on any atom is 0.338 e. The summed E-state index contributed by atoms with van der Waals surface area (Å²) in [6, 6.07) is 7.67. The normalized spacial score (nSPS) is 36.2. The second kappa shape index (κ2) is 14.7. The fraction of sp³-hybridized carbons (Fsp3) is 0.605. The van der Waals surface area contributed by atoms with Crippen LogP contribution in [0.1, 0.15) is 85.5 Å². The van der Waals surface area contributed by atoms with Crippen LogP contribution in [0.3, 0.4) is 0 Å². The Morgan fingerprint density at radius 1 is 0.736 bits per heavy atom. The molecule has 1 aromatic rings. The van der Waals surface area contributed by atoms with Crippen LogP contribution in [0.2, 0.25) is 0 Å². The van der Waals surface area contributed by atoms with Gasteiger partial charge in [0.1, 0.15) is 35.3 Å². The molecule has 15 heteroatoms. The Bertz CT molecular complexity index is 1680. The average molecular weight is 745 g/mol. The fourth-order valence-corrected chi connectivity index (χ4v) is 8.67. The summed E-state index contributed by atoms with van der Waals surface area (Å²) in [5.41, 5.74) is -8.78. The third kappa shape index (κ3) is 7.45. The lowest BCUT2D eigenvalue weighted by Crippen LogP contribution is -2.65. The first-order valence-corrected chi connectivity index (χ1v) is 17.2. The van der Waals surface area contributed by atoms with Crippen LogP contribution in [-0.2, 0) is 57.2 Å². The van der Waals surface area contributed by atoms with Gasteiger partial charge in [-0.25, -0.2) is 4.79 Å². The molecule has 4 rings (SSSR count). The van der Waals surface area contributed by atoms with Crippen molar-refractivity contribution in [2.45, 2.75) is 122 Å². The predicted molar refractivity (Wildman–Crippen MR) is 181 cm³/mol. The van der Waals surface area contributed by atoms with Gasteiger partial charge in [0.2, 0.25) is 0 Å². The van der Waals surface area contributed by atoms with Gasteiger partial charge in [0.15, 0.2) is 17.8 Å². The lowest BCUT2D eigenvalue weighted by atomic mass is 9.66. The summed E-state index contributed by atoms with van der Waals surface area (Å²) in [7, 11) is 0. The van der Waals surface area contributed by atoms with Gasteiger partial charge >= 0.3 is 35.8 Å². The molecular weight excluding hydrogens is 696 g/mol. The number of hydrogen-bond acceptors (Lipinski definition) is 15. The Hall–Kier alpha value is -4.63. The SMILES string of the molecule is C=C1[C@H](OC(C)=O)[C@@H](OC(=O)c2ccccc2)[C@@H](OC(C)=O)C(C)(C)[C@H]2C[C@](O)([C@H](C)C2=O)[C@@]2(OC(C)=O)C[C@@](C)(O)[C@H](OC(C)=O)[C@@H]2[C@H]1OC(C)=O. The summed E-state index contributed by atoms with van der Waals surface area (Å²) in [4.78, 5) is 93.0. The van der Waals surface area contributed by atoms with Gasteiger partial charge in [-0.15, -0.1) is 0 Å². The van der Waals surface area contributed by atoms with Gasteiger partial charge in [0.25, 0.3) is 0 Å². The van der Waals surface area contributed by atoms with Crippen molar-refractivity contribution in [3.63, 3.8) is 0 Å². The van der Waals surface area contributed by atoms with Crippen LogP contribution in [0, 0.1) is 23.2 Å². The van der Waals surface area contributed by atoms with Crippen molar-refractivity contribution in [2.75, 3.05) is 0 Å². The number of carbonyl (C=O) groups is 7. The molecule has 3 saturated carbocycles. The molecule has 0 aliphatic heterocycles. The summed E-state index contributed by atoms with van der Waals surface area (Å²) in [6.07, 6.45) is -10.0. The topological polar surface area (TPSA) is 215 Å². The predicted octanol–water partition coefficient (Wildman–Crippen LogP) is 2.56. The summed E-state index contributed by atoms with van der Waals surface area (Å²) in [5.74, 6) is -10.6. The van der Waals surface area contributed by atoms with Crippen LogP contribution >= 0.6 is 0 Å². The van der Waals surface area contributed by atoms with Crippen molar-refractivity contribution < 1.29 is 72.2 Å². The van der Waals surface area contributed by atoms with E-state index in [-0.39, 0.29) is 11.1 Å². The number of ketones is 1. The molecule has 0 saturated heterocycles. The second-order valence-corrected chi connectivity index (χ2v) is 15.1. The molecule has 11 atom stereocenters. The first kappa shape index (κ1) is 41.1. The van der Waals surface area contributed by atoms with Crippen molar-refractivity contribution in [2.24, 2.45) is 23.2 Å². The minimum Gasteiger partial charge on any atom is -0.459 e. The summed E-state index contributed by atoms with van der Waals surface area (Å²) < 4.78 is 35.4. The maximum atomic E-state index is 14.5. The van der Waals surface area contributed by atoms with Crippen molar-refractivity contribution in [3.05, 3.63) is 48.0 Å². The first-order valence-electron chi connectivity index (χ1n) is 17.2. The molecule has 1 aromatic carbocycles.